The summed E-state index contributed by atoms with van der Waals surface area (Å²) in [5.41, 5.74) is -1.95. The number of fused-ring (bicyclic) bond motifs is 5. The molecule has 11 atom stereocenters. The highest BCUT2D eigenvalue weighted by molar-refractivity contribution is 6.25. The summed E-state index contributed by atoms with van der Waals surface area (Å²) in [4.78, 5) is 39.3. The standard InChI is InChI=1S/C27H28O15/c1-36-13-5-9(3-4-12(13)29)17(30)10-6-27(42-24(10)35)16-15(21-22(27)40-21)11(23(34)37-2)8-38-25(16)41-26-20(33)19(32)18(31)14(7-28)39-26/h3-6,8,14-16,18-22,25-26,28-29,31-33H,7H2,1-2H3/t14?,15?,16?,18?,19?,20?,21-,22-,25-,26?,27-/m1/s1. The van der Waals surface area contributed by atoms with Gasteiger partial charge < -0.3 is 58.7 Å². The van der Waals surface area contributed by atoms with Crippen molar-refractivity contribution in [2.45, 2.75) is 54.8 Å². The highest BCUT2D eigenvalue weighted by Crippen LogP contribution is 2.62. The van der Waals surface area contributed by atoms with Crippen molar-refractivity contribution in [3.8, 4) is 11.5 Å². The van der Waals surface area contributed by atoms with Crippen molar-refractivity contribution < 1.29 is 73.1 Å². The number of ether oxygens (including phenoxy) is 7. The van der Waals surface area contributed by atoms with E-state index in [1.165, 1.54) is 38.5 Å². The SMILES string of the molecule is COC(=O)C1=CO[C@H](OC2OC(CO)C(O)C(O)C2O)C2C1[C@H]1O[C@H]1[C@@]21C=C(C(=O)c2ccc(O)c(OC)c2)C(=O)O1. The Labute approximate surface area is 237 Å². The van der Waals surface area contributed by atoms with Crippen LogP contribution >= 0.6 is 0 Å². The van der Waals surface area contributed by atoms with Crippen LogP contribution in [0.4, 0.5) is 0 Å². The molecule has 6 rings (SSSR count). The van der Waals surface area contributed by atoms with E-state index in [2.05, 4.69) is 0 Å². The number of aromatic hydroxyl groups is 1. The number of hydrogen-bond acceptors (Lipinski definition) is 15. The first kappa shape index (κ1) is 28.5. The van der Waals surface area contributed by atoms with Crippen LogP contribution < -0.4 is 4.74 Å². The molecule has 0 bridgehead atoms. The number of hydrogen-bond donors (Lipinski definition) is 5. The largest absolute Gasteiger partial charge is 0.504 e. The molecule has 15 heteroatoms. The third kappa shape index (κ3) is 4.19. The number of benzene rings is 1. The number of epoxide rings is 1. The van der Waals surface area contributed by atoms with E-state index in [1.54, 1.807) is 0 Å². The lowest BCUT2D eigenvalue weighted by Gasteiger charge is -2.45. The molecular weight excluding hydrogens is 564 g/mol. The van der Waals surface area contributed by atoms with Gasteiger partial charge in [0.05, 0.1) is 44.7 Å². The molecule has 0 aromatic heterocycles. The Kier molecular flexibility index (Phi) is 7.00. The summed E-state index contributed by atoms with van der Waals surface area (Å²) in [6, 6.07) is 3.80. The average molecular weight is 593 g/mol. The summed E-state index contributed by atoms with van der Waals surface area (Å²) in [5.74, 6) is -4.53. The van der Waals surface area contributed by atoms with Crippen LogP contribution in [0.25, 0.3) is 0 Å². The smallest absolute Gasteiger partial charge is 0.342 e. The minimum atomic E-state index is -1.78. The molecular formula is C27H28O15. The van der Waals surface area contributed by atoms with Gasteiger partial charge in [0.2, 0.25) is 6.29 Å². The average Bonchev–Trinajstić information content (AvgIpc) is 3.66. The molecule has 42 heavy (non-hydrogen) atoms. The fourth-order valence-corrected chi connectivity index (χ4v) is 6.19. The van der Waals surface area contributed by atoms with Gasteiger partial charge in [0.25, 0.3) is 0 Å². The van der Waals surface area contributed by atoms with Gasteiger partial charge in [-0.15, -0.1) is 0 Å². The lowest BCUT2D eigenvalue weighted by Crippen LogP contribution is -2.61. The molecule has 1 aliphatic carbocycles. The highest BCUT2D eigenvalue weighted by Gasteiger charge is 2.78. The van der Waals surface area contributed by atoms with Gasteiger partial charge in [-0.2, -0.15) is 0 Å². The van der Waals surface area contributed by atoms with Crippen molar-refractivity contribution in [3.63, 3.8) is 0 Å². The van der Waals surface area contributed by atoms with Gasteiger partial charge in [-0.25, -0.2) is 9.59 Å². The molecule has 4 heterocycles. The maximum atomic E-state index is 13.4. The monoisotopic (exact) mass is 592 g/mol. The van der Waals surface area contributed by atoms with Crippen molar-refractivity contribution in [2.75, 3.05) is 20.8 Å². The van der Waals surface area contributed by atoms with E-state index in [4.69, 9.17) is 33.2 Å². The third-order valence-corrected chi connectivity index (χ3v) is 8.30. The van der Waals surface area contributed by atoms with Gasteiger partial charge in [0, 0.05) is 11.5 Å². The number of rotatable bonds is 7. The van der Waals surface area contributed by atoms with Crippen LogP contribution in [-0.4, -0.2) is 119 Å². The van der Waals surface area contributed by atoms with Crippen molar-refractivity contribution >= 4 is 17.7 Å². The predicted molar refractivity (Wildman–Crippen MR) is 131 cm³/mol. The predicted octanol–water partition coefficient (Wildman–Crippen LogP) is -1.95. The zero-order valence-corrected chi connectivity index (χ0v) is 22.2. The summed E-state index contributed by atoms with van der Waals surface area (Å²) in [7, 11) is 2.47. The number of aliphatic hydroxyl groups excluding tert-OH is 4. The van der Waals surface area contributed by atoms with Crippen molar-refractivity contribution in [1.82, 2.24) is 0 Å². The van der Waals surface area contributed by atoms with Crippen molar-refractivity contribution in [2.24, 2.45) is 11.8 Å². The molecule has 2 saturated heterocycles. The maximum Gasteiger partial charge on any atom is 0.342 e. The number of carbonyl (C=O) groups excluding carboxylic acids is 3. The van der Waals surface area contributed by atoms with E-state index in [0.29, 0.717) is 0 Å². The summed E-state index contributed by atoms with van der Waals surface area (Å²) < 4.78 is 38.7. The molecule has 1 aromatic rings. The van der Waals surface area contributed by atoms with Gasteiger partial charge in [-0.1, -0.05) is 0 Å². The Morgan fingerprint density at radius 1 is 1.05 bits per heavy atom. The molecule has 5 aliphatic rings. The molecule has 7 unspecified atom stereocenters. The Balaban J connectivity index is 1.37. The highest BCUT2D eigenvalue weighted by atomic mass is 16.8. The summed E-state index contributed by atoms with van der Waals surface area (Å²) in [6.07, 6.45) is -8.57. The second-order valence-electron chi connectivity index (χ2n) is 10.5. The van der Waals surface area contributed by atoms with Crippen molar-refractivity contribution in [3.05, 3.63) is 47.2 Å². The Morgan fingerprint density at radius 3 is 2.50 bits per heavy atom. The van der Waals surface area contributed by atoms with E-state index in [0.717, 1.165) is 6.26 Å². The fraction of sp³-hybridized carbons (Fsp3) is 0.519. The normalized spacial score (nSPS) is 39.8. The minimum absolute atomic E-state index is 0.00980. The molecule has 4 aliphatic heterocycles. The van der Waals surface area contributed by atoms with Gasteiger partial charge in [-0.05, 0) is 24.3 Å². The lowest BCUT2D eigenvalue weighted by atomic mass is 9.78. The summed E-state index contributed by atoms with van der Waals surface area (Å²) >= 11 is 0. The number of carbonyl (C=O) groups is 3. The second kappa shape index (κ2) is 10.3. The number of methoxy groups -OCH3 is 2. The molecule has 1 saturated carbocycles. The number of ketones is 1. The van der Waals surface area contributed by atoms with Crippen LogP contribution in [0, 0.1) is 11.8 Å². The first-order valence-corrected chi connectivity index (χ1v) is 13.0. The number of aliphatic hydroxyl groups is 4. The maximum absolute atomic E-state index is 13.4. The molecule has 3 fully saturated rings. The molecule has 0 radical (unpaired) electrons. The molecule has 226 valence electrons. The third-order valence-electron chi connectivity index (χ3n) is 8.30. The van der Waals surface area contributed by atoms with E-state index < -0.39 is 91.0 Å². The number of Topliss-reactive ketones (excluding diaryl/α,β-unsaturated/α-hetero) is 1. The zero-order valence-electron chi connectivity index (χ0n) is 22.2. The van der Waals surface area contributed by atoms with E-state index in [9.17, 15) is 39.9 Å². The number of phenolic OH excluding ortho intramolecular Hbond substituents is 1. The first-order chi connectivity index (χ1) is 20.1. The Hall–Kier alpha value is -3.57. The van der Waals surface area contributed by atoms with Crippen LogP contribution in [0.15, 0.2) is 41.7 Å². The lowest BCUT2D eigenvalue weighted by molar-refractivity contribution is -0.347. The zero-order chi connectivity index (χ0) is 30.1. The number of esters is 2. The summed E-state index contributed by atoms with van der Waals surface area (Å²) in [6.45, 7) is -0.704. The molecule has 1 aromatic carbocycles. The van der Waals surface area contributed by atoms with Gasteiger partial charge in [-0.3, -0.25) is 4.79 Å². The van der Waals surface area contributed by atoms with Crippen LogP contribution in [0.1, 0.15) is 10.4 Å². The van der Waals surface area contributed by atoms with Gasteiger partial charge in [0.1, 0.15) is 36.1 Å². The van der Waals surface area contributed by atoms with Crippen LogP contribution in [0.5, 0.6) is 11.5 Å². The van der Waals surface area contributed by atoms with E-state index >= 15 is 0 Å². The van der Waals surface area contributed by atoms with E-state index in [-0.39, 0.29) is 28.2 Å². The molecule has 0 amide bonds. The Bertz CT molecular complexity index is 1370. The summed E-state index contributed by atoms with van der Waals surface area (Å²) in [5, 5.41) is 50.4. The molecule has 15 nitrogen and oxygen atoms in total. The van der Waals surface area contributed by atoms with Gasteiger partial charge >= 0.3 is 11.9 Å². The topological polar surface area (TPSA) is 220 Å². The minimum Gasteiger partial charge on any atom is -0.504 e. The van der Waals surface area contributed by atoms with E-state index in [1.807, 2.05) is 0 Å². The van der Waals surface area contributed by atoms with Crippen molar-refractivity contribution in [1.29, 1.82) is 0 Å². The first-order valence-electron chi connectivity index (χ1n) is 13.0. The number of phenols is 1. The van der Waals surface area contributed by atoms with Crippen LogP contribution in [-0.2, 0) is 38.0 Å². The molecule has 1 spiro atoms. The van der Waals surface area contributed by atoms with Gasteiger partial charge in [0.15, 0.2) is 29.2 Å². The van der Waals surface area contributed by atoms with Crippen LogP contribution in [0.3, 0.4) is 0 Å². The fourth-order valence-electron chi connectivity index (χ4n) is 6.19. The molecule has 5 N–H and O–H groups in total. The second-order valence-corrected chi connectivity index (χ2v) is 10.5. The quantitative estimate of drug-likeness (QED) is 0.100. The van der Waals surface area contributed by atoms with Crippen LogP contribution in [0.2, 0.25) is 0 Å². The Morgan fingerprint density at radius 2 is 1.81 bits per heavy atom.